The van der Waals surface area contributed by atoms with Gasteiger partial charge in [-0.2, -0.15) is 4.31 Å². The summed E-state index contributed by atoms with van der Waals surface area (Å²) in [5.74, 6) is -0.973. The highest BCUT2D eigenvalue weighted by Crippen LogP contribution is 2.32. The van der Waals surface area contributed by atoms with E-state index >= 15 is 0 Å². The second kappa shape index (κ2) is 7.51. The van der Waals surface area contributed by atoms with Gasteiger partial charge in [0, 0.05) is 19.3 Å². The van der Waals surface area contributed by atoms with Crippen LogP contribution in [-0.2, 0) is 14.8 Å². The van der Waals surface area contributed by atoms with Crippen molar-refractivity contribution in [3.63, 3.8) is 0 Å². The summed E-state index contributed by atoms with van der Waals surface area (Å²) in [5, 5.41) is 5.62. The average molecular weight is 395 g/mol. The van der Waals surface area contributed by atoms with Gasteiger partial charge in [0.25, 0.3) is 5.91 Å². The first-order valence-corrected chi connectivity index (χ1v) is 10.7. The van der Waals surface area contributed by atoms with E-state index in [1.165, 1.54) is 16.7 Å². The number of amides is 2. The Morgan fingerprint density at radius 1 is 1.33 bits per heavy atom. The lowest BCUT2D eigenvalue weighted by molar-refractivity contribution is -0.124. The Labute approximate surface area is 159 Å². The van der Waals surface area contributed by atoms with Gasteiger partial charge in [-0.3, -0.25) is 14.6 Å². The number of aromatic nitrogens is 2. The van der Waals surface area contributed by atoms with Crippen LogP contribution < -0.4 is 10.6 Å². The van der Waals surface area contributed by atoms with Crippen molar-refractivity contribution in [2.75, 3.05) is 18.8 Å². The number of aryl methyl sites for hydroxylation is 1. The number of carbonyl (C=O) groups is 2. The molecule has 0 bridgehead atoms. The highest BCUT2D eigenvalue weighted by Gasteiger charge is 2.45. The molecule has 1 saturated heterocycles. The molecule has 9 nitrogen and oxygen atoms in total. The minimum absolute atomic E-state index is 0.0542. The molecule has 1 aromatic heterocycles. The number of nitrogens with one attached hydrogen (secondary N) is 2. The van der Waals surface area contributed by atoms with Gasteiger partial charge in [0.2, 0.25) is 15.9 Å². The molecule has 1 aliphatic heterocycles. The van der Waals surface area contributed by atoms with Crippen molar-refractivity contribution in [3.05, 3.63) is 23.8 Å². The van der Waals surface area contributed by atoms with Crippen molar-refractivity contribution in [2.45, 2.75) is 51.1 Å². The second-order valence-electron chi connectivity index (χ2n) is 7.24. The maximum atomic E-state index is 12.8. The molecule has 27 heavy (non-hydrogen) atoms. The lowest BCUT2D eigenvalue weighted by Crippen LogP contribution is -2.54. The summed E-state index contributed by atoms with van der Waals surface area (Å²) < 4.78 is 26.4. The largest absolute Gasteiger partial charge is 0.348 e. The monoisotopic (exact) mass is 395 g/mol. The quantitative estimate of drug-likeness (QED) is 0.739. The van der Waals surface area contributed by atoms with Gasteiger partial charge in [-0.05, 0) is 26.7 Å². The van der Waals surface area contributed by atoms with E-state index in [1.807, 2.05) is 0 Å². The van der Waals surface area contributed by atoms with E-state index in [4.69, 9.17) is 0 Å². The van der Waals surface area contributed by atoms with Crippen LogP contribution in [0.3, 0.4) is 0 Å². The molecule has 10 heteroatoms. The number of hydrogen-bond donors (Lipinski definition) is 2. The Balaban J connectivity index is 1.84. The van der Waals surface area contributed by atoms with Gasteiger partial charge in [-0.25, -0.2) is 13.4 Å². The van der Waals surface area contributed by atoms with E-state index in [2.05, 4.69) is 20.6 Å². The van der Waals surface area contributed by atoms with Gasteiger partial charge in [-0.1, -0.05) is 12.8 Å². The smallest absolute Gasteiger partial charge is 0.272 e. The molecule has 3 rings (SSSR count). The molecule has 2 N–H and O–H groups in total. The van der Waals surface area contributed by atoms with Crippen molar-refractivity contribution in [1.29, 1.82) is 0 Å². The van der Waals surface area contributed by atoms with E-state index < -0.39 is 27.5 Å². The summed E-state index contributed by atoms with van der Waals surface area (Å²) in [6.07, 6.45) is 6.14. The molecule has 1 atom stereocenters. The van der Waals surface area contributed by atoms with Crippen LogP contribution in [0.4, 0.5) is 0 Å². The zero-order chi connectivity index (χ0) is 19.7. The van der Waals surface area contributed by atoms with Crippen molar-refractivity contribution >= 4 is 21.8 Å². The SMILES string of the molecule is CCS(=O)(=O)N1CC(NC(=O)c2cnc(C)cn2)C(=O)NC2(CCCC2)C1. The third-order valence-electron chi connectivity index (χ3n) is 5.21. The molecule has 2 aliphatic rings. The summed E-state index contributed by atoms with van der Waals surface area (Å²) in [5.41, 5.74) is 0.197. The van der Waals surface area contributed by atoms with Crippen LogP contribution >= 0.6 is 0 Å². The predicted octanol–water partition coefficient (Wildman–Crippen LogP) is -0.0223. The minimum atomic E-state index is -3.51. The fraction of sp³-hybridized carbons (Fsp3) is 0.647. The van der Waals surface area contributed by atoms with Crippen LogP contribution in [0.2, 0.25) is 0 Å². The minimum Gasteiger partial charge on any atom is -0.348 e. The zero-order valence-electron chi connectivity index (χ0n) is 15.6. The highest BCUT2D eigenvalue weighted by molar-refractivity contribution is 7.89. The first-order chi connectivity index (χ1) is 12.7. The third kappa shape index (κ3) is 4.27. The molecule has 2 amide bonds. The Morgan fingerprint density at radius 3 is 2.63 bits per heavy atom. The molecule has 2 heterocycles. The molecule has 1 aromatic rings. The van der Waals surface area contributed by atoms with E-state index in [0.29, 0.717) is 5.69 Å². The molecule has 0 radical (unpaired) electrons. The highest BCUT2D eigenvalue weighted by atomic mass is 32.2. The Bertz CT molecular complexity index is 818. The van der Waals surface area contributed by atoms with Crippen LogP contribution in [0.1, 0.15) is 48.8 Å². The van der Waals surface area contributed by atoms with Crippen LogP contribution in [0, 0.1) is 6.92 Å². The normalized spacial score (nSPS) is 23.0. The topological polar surface area (TPSA) is 121 Å². The summed E-state index contributed by atoms with van der Waals surface area (Å²) in [6, 6.07) is -0.984. The van der Waals surface area contributed by atoms with Gasteiger partial charge >= 0.3 is 0 Å². The van der Waals surface area contributed by atoms with Crippen molar-refractivity contribution in [3.8, 4) is 0 Å². The second-order valence-corrected chi connectivity index (χ2v) is 9.50. The Morgan fingerprint density at radius 2 is 2.04 bits per heavy atom. The molecular formula is C17H25N5O4S. The third-order valence-corrected chi connectivity index (χ3v) is 7.00. The molecule has 0 aromatic carbocycles. The molecule has 2 fully saturated rings. The molecule has 1 unspecified atom stereocenters. The fourth-order valence-corrected chi connectivity index (χ4v) is 4.84. The van der Waals surface area contributed by atoms with Crippen LogP contribution in [-0.4, -0.2) is 64.9 Å². The van der Waals surface area contributed by atoms with E-state index in [-0.39, 0.29) is 30.4 Å². The van der Waals surface area contributed by atoms with E-state index in [9.17, 15) is 18.0 Å². The Kier molecular flexibility index (Phi) is 5.48. The lowest BCUT2D eigenvalue weighted by atomic mass is 9.98. The van der Waals surface area contributed by atoms with Crippen molar-refractivity contribution < 1.29 is 18.0 Å². The number of sulfonamides is 1. The predicted molar refractivity (Wildman–Crippen MR) is 98.4 cm³/mol. The molecular weight excluding hydrogens is 370 g/mol. The van der Waals surface area contributed by atoms with E-state index in [0.717, 1.165) is 25.7 Å². The number of carbonyl (C=O) groups excluding carboxylic acids is 2. The Hall–Kier alpha value is -2.07. The standard InChI is InChI=1S/C17H25N5O4S/c1-3-27(25,26)22-10-14(16(24)21-17(11-22)6-4-5-7-17)20-15(23)13-9-18-12(2)8-19-13/h8-9,14H,3-7,10-11H2,1-2H3,(H,20,23)(H,21,24). The summed E-state index contributed by atoms with van der Waals surface area (Å²) in [4.78, 5) is 33.3. The fourth-order valence-electron chi connectivity index (χ4n) is 3.66. The summed E-state index contributed by atoms with van der Waals surface area (Å²) >= 11 is 0. The van der Waals surface area contributed by atoms with Gasteiger partial charge in [0.15, 0.2) is 0 Å². The molecule has 148 valence electrons. The first-order valence-electron chi connectivity index (χ1n) is 9.14. The number of rotatable bonds is 4. The van der Waals surface area contributed by atoms with Crippen LogP contribution in [0.15, 0.2) is 12.4 Å². The van der Waals surface area contributed by atoms with Gasteiger partial charge < -0.3 is 10.6 Å². The number of nitrogens with zero attached hydrogens (tertiary/aromatic N) is 3. The van der Waals surface area contributed by atoms with Crippen molar-refractivity contribution in [2.24, 2.45) is 0 Å². The van der Waals surface area contributed by atoms with Crippen LogP contribution in [0.5, 0.6) is 0 Å². The molecule has 1 aliphatic carbocycles. The summed E-state index contributed by atoms with van der Waals surface area (Å²) in [7, 11) is -3.51. The van der Waals surface area contributed by atoms with Crippen LogP contribution in [0.25, 0.3) is 0 Å². The number of hydrogen-bond acceptors (Lipinski definition) is 6. The van der Waals surface area contributed by atoms with Gasteiger partial charge in [0.1, 0.15) is 11.7 Å². The maximum absolute atomic E-state index is 12.8. The van der Waals surface area contributed by atoms with Gasteiger partial charge in [-0.15, -0.1) is 0 Å². The lowest BCUT2D eigenvalue weighted by Gasteiger charge is -2.32. The summed E-state index contributed by atoms with van der Waals surface area (Å²) in [6.45, 7) is 3.48. The molecule has 1 saturated carbocycles. The van der Waals surface area contributed by atoms with Gasteiger partial charge in [0.05, 0.1) is 23.2 Å². The zero-order valence-corrected chi connectivity index (χ0v) is 16.4. The molecule has 1 spiro atoms. The maximum Gasteiger partial charge on any atom is 0.272 e. The first kappa shape index (κ1) is 19.7. The van der Waals surface area contributed by atoms with E-state index in [1.54, 1.807) is 13.8 Å². The average Bonchev–Trinajstić information content (AvgIpc) is 3.03. The van der Waals surface area contributed by atoms with Crippen molar-refractivity contribution in [1.82, 2.24) is 24.9 Å².